The topological polar surface area (TPSA) is 59.3 Å². The number of rotatable bonds is 4. The summed E-state index contributed by atoms with van der Waals surface area (Å²) in [6.07, 6.45) is 2.06. The Morgan fingerprint density at radius 3 is 2.45 bits per heavy atom. The molecule has 0 saturated heterocycles. The van der Waals surface area contributed by atoms with E-state index in [9.17, 15) is 18.4 Å². The van der Waals surface area contributed by atoms with Gasteiger partial charge in [-0.05, 0) is 0 Å². The van der Waals surface area contributed by atoms with E-state index < -0.39 is 29.4 Å². The second-order valence-electron chi connectivity index (χ2n) is 4.27. The quantitative estimate of drug-likeness (QED) is 0.934. The van der Waals surface area contributed by atoms with Gasteiger partial charge in [0.15, 0.2) is 5.43 Å². The minimum Gasteiger partial charge on any atom is -0.477 e. The molecule has 104 valence electrons. The lowest BCUT2D eigenvalue weighted by Gasteiger charge is -2.18. The van der Waals surface area contributed by atoms with Crippen molar-refractivity contribution in [2.45, 2.75) is 12.5 Å². The van der Waals surface area contributed by atoms with Crippen LogP contribution in [0.2, 0.25) is 0 Å². The largest absolute Gasteiger partial charge is 0.477 e. The minimum atomic E-state index is -3.16. The molecule has 0 spiro atoms. The van der Waals surface area contributed by atoms with Gasteiger partial charge < -0.3 is 9.67 Å². The number of hydrogen-bond donors (Lipinski definition) is 1. The normalized spacial score (nSPS) is 11.3. The monoisotopic (exact) mass is 279 g/mol. The molecule has 1 aromatic carbocycles. The van der Waals surface area contributed by atoms with Gasteiger partial charge in [0.1, 0.15) is 5.56 Å². The average Bonchev–Trinajstić information content (AvgIpc) is 2.41. The average molecular weight is 279 g/mol. The first kappa shape index (κ1) is 13.9. The first-order valence-corrected chi connectivity index (χ1v) is 5.77. The Morgan fingerprint density at radius 1 is 1.20 bits per heavy atom. The number of aromatic nitrogens is 1. The summed E-state index contributed by atoms with van der Waals surface area (Å²) in [7, 11) is 0. The van der Waals surface area contributed by atoms with Crippen molar-refractivity contribution < 1.29 is 18.7 Å². The number of aromatic carboxylic acids is 1. The molecule has 0 aliphatic rings. The number of nitrogens with zero attached hydrogens (tertiary/aromatic N) is 1. The second-order valence-corrected chi connectivity index (χ2v) is 4.27. The number of halogens is 2. The van der Waals surface area contributed by atoms with Crippen LogP contribution in [-0.2, 0) is 12.5 Å². The number of hydrogen-bond acceptors (Lipinski definition) is 2. The molecular formula is C14H11F2NO3. The molecule has 2 rings (SSSR count). The maximum Gasteiger partial charge on any atom is 0.341 e. The molecule has 1 N–H and O–H groups in total. The molecule has 1 aromatic heterocycles. The first-order chi connectivity index (χ1) is 9.40. The van der Waals surface area contributed by atoms with Crippen LogP contribution in [0.4, 0.5) is 8.78 Å². The molecule has 0 fully saturated rings. The lowest BCUT2D eigenvalue weighted by Crippen LogP contribution is -2.24. The van der Waals surface area contributed by atoms with Crippen LogP contribution in [-0.4, -0.2) is 15.6 Å². The Labute approximate surface area is 112 Å². The lowest BCUT2D eigenvalue weighted by molar-refractivity contribution is -0.0224. The van der Waals surface area contributed by atoms with Crippen LogP contribution in [0.15, 0.2) is 53.6 Å². The van der Waals surface area contributed by atoms with Crippen LogP contribution in [0, 0.1) is 0 Å². The summed E-state index contributed by atoms with van der Waals surface area (Å²) in [4.78, 5) is 22.1. The van der Waals surface area contributed by atoms with Crippen molar-refractivity contribution >= 4 is 5.97 Å². The van der Waals surface area contributed by atoms with Crippen molar-refractivity contribution in [2.24, 2.45) is 0 Å². The van der Waals surface area contributed by atoms with Gasteiger partial charge in [-0.15, -0.1) is 0 Å². The number of benzene rings is 1. The van der Waals surface area contributed by atoms with Crippen LogP contribution >= 0.6 is 0 Å². The zero-order chi connectivity index (χ0) is 14.8. The minimum absolute atomic E-state index is 0.171. The van der Waals surface area contributed by atoms with Gasteiger partial charge in [0.25, 0.3) is 5.92 Å². The fourth-order valence-electron chi connectivity index (χ4n) is 1.79. The summed E-state index contributed by atoms with van der Waals surface area (Å²) in [5.74, 6) is -4.60. The van der Waals surface area contributed by atoms with E-state index in [-0.39, 0.29) is 5.56 Å². The summed E-state index contributed by atoms with van der Waals surface area (Å²) in [6.45, 7) is -0.739. The summed E-state index contributed by atoms with van der Waals surface area (Å²) in [6, 6.07) is 8.17. The van der Waals surface area contributed by atoms with Crippen LogP contribution in [0.5, 0.6) is 0 Å². The lowest BCUT2D eigenvalue weighted by atomic mass is 10.1. The highest BCUT2D eigenvalue weighted by atomic mass is 19.3. The highest BCUT2D eigenvalue weighted by Crippen LogP contribution is 2.29. The van der Waals surface area contributed by atoms with Gasteiger partial charge in [-0.1, -0.05) is 30.3 Å². The molecule has 0 unspecified atom stereocenters. The Bertz CT molecular complexity index is 680. The highest BCUT2D eigenvalue weighted by Gasteiger charge is 2.31. The maximum absolute atomic E-state index is 14.0. The van der Waals surface area contributed by atoms with Crippen molar-refractivity contribution in [3.05, 3.63) is 70.1 Å². The first-order valence-electron chi connectivity index (χ1n) is 5.77. The Balaban J connectivity index is 2.33. The third kappa shape index (κ3) is 2.90. The van der Waals surface area contributed by atoms with Gasteiger partial charge in [0, 0.05) is 24.0 Å². The van der Waals surface area contributed by atoms with Gasteiger partial charge in [-0.3, -0.25) is 4.79 Å². The smallest absolute Gasteiger partial charge is 0.341 e. The molecule has 0 aliphatic heterocycles. The standard InChI is InChI=1S/C14H11F2NO3/c15-14(16,10-4-2-1-3-5-10)9-17-7-6-12(18)11(8-17)13(19)20/h1-8H,9H2,(H,19,20). The van der Waals surface area contributed by atoms with E-state index in [0.29, 0.717) is 0 Å². The molecular weight excluding hydrogens is 268 g/mol. The van der Waals surface area contributed by atoms with E-state index >= 15 is 0 Å². The summed E-state index contributed by atoms with van der Waals surface area (Å²) in [5.41, 5.74) is -1.41. The van der Waals surface area contributed by atoms with Crippen LogP contribution in [0.1, 0.15) is 15.9 Å². The van der Waals surface area contributed by atoms with E-state index in [0.717, 1.165) is 23.0 Å². The number of carboxylic acid groups (broad SMARTS) is 1. The van der Waals surface area contributed by atoms with Crippen molar-refractivity contribution in [3.63, 3.8) is 0 Å². The van der Waals surface area contributed by atoms with Crippen molar-refractivity contribution in [3.8, 4) is 0 Å². The molecule has 4 nitrogen and oxygen atoms in total. The molecule has 0 amide bonds. The van der Waals surface area contributed by atoms with E-state index in [1.165, 1.54) is 24.3 Å². The Kier molecular flexibility index (Phi) is 3.65. The summed E-state index contributed by atoms with van der Waals surface area (Å²) in [5, 5.41) is 8.80. The predicted octanol–water partition coefficient (Wildman–Crippen LogP) is 2.34. The molecule has 0 atom stereocenters. The number of pyridine rings is 1. The zero-order valence-corrected chi connectivity index (χ0v) is 10.3. The number of carboxylic acids is 1. The Morgan fingerprint density at radius 2 is 1.85 bits per heavy atom. The molecule has 0 aliphatic carbocycles. The third-order valence-corrected chi connectivity index (χ3v) is 2.79. The van der Waals surface area contributed by atoms with Crippen LogP contribution in [0.25, 0.3) is 0 Å². The fraction of sp³-hybridized carbons (Fsp3) is 0.143. The molecule has 2 aromatic rings. The number of carbonyl (C=O) groups is 1. The van der Waals surface area contributed by atoms with Gasteiger partial charge in [0.05, 0.1) is 6.54 Å². The summed E-state index contributed by atoms with van der Waals surface area (Å²) >= 11 is 0. The van der Waals surface area contributed by atoms with Crippen molar-refractivity contribution in [2.75, 3.05) is 0 Å². The SMILES string of the molecule is O=C(O)c1cn(CC(F)(F)c2ccccc2)ccc1=O. The van der Waals surface area contributed by atoms with E-state index in [2.05, 4.69) is 0 Å². The van der Waals surface area contributed by atoms with Gasteiger partial charge in [-0.2, -0.15) is 8.78 Å². The third-order valence-electron chi connectivity index (χ3n) is 2.79. The van der Waals surface area contributed by atoms with Gasteiger partial charge in [0.2, 0.25) is 0 Å². The molecule has 20 heavy (non-hydrogen) atoms. The van der Waals surface area contributed by atoms with Crippen LogP contribution in [0.3, 0.4) is 0 Å². The van der Waals surface area contributed by atoms with E-state index in [1.807, 2.05) is 0 Å². The van der Waals surface area contributed by atoms with Crippen LogP contribution < -0.4 is 5.43 Å². The second kappa shape index (κ2) is 5.24. The fourth-order valence-corrected chi connectivity index (χ4v) is 1.79. The van der Waals surface area contributed by atoms with Crippen molar-refractivity contribution in [1.82, 2.24) is 4.57 Å². The molecule has 0 radical (unpaired) electrons. The van der Waals surface area contributed by atoms with Gasteiger partial charge >= 0.3 is 5.97 Å². The highest BCUT2D eigenvalue weighted by molar-refractivity contribution is 5.86. The summed E-state index contributed by atoms with van der Waals surface area (Å²) < 4.78 is 29.1. The predicted molar refractivity (Wildman–Crippen MR) is 68.0 cm³/mol. The van der Waals surface area contributed by atoms with E-state index in [4.69, 9.17) is 5.11 Å². The maximum atomic E-state index is 14.0. The zero-order valence-electron chi connectivity index (χ0n) is 10.3. The molecule has 1 heterocycles. The Hall–Kier alpha value is -2.50. The van der Waals surface area contributed by atoms with E-state index in [1.54, 1.807) is 6.07 Å². The molecule has 0 bridgehead atoms. The molecule has 6 heteroatoms. The van der Waals surface area contributed by atoms with Crippen molar-refractivity contribution in [1.29, 1.82) is 0 Å². The number of alkyl halides is 2. The molecule has 0 saturated carbocycles. The van der Waals surface area contributed by atoms with Gasteiger partial charge in [-0.25, -0.2) is 4.79 Å².